The number of nitrogens with one attached hydrogen (secondary N) is 1. The molecule has 0 saturated heterocycles. The second-order valence-corrected chi connectivity index (χ2v) is 5.66. The molecule has 0 aliphatic heterocycles. The molecule has 0 amide bonds. The highest BCUT2D eigenvalue weighted by atomic mass is 32.2. The van der Waals surface area contributed by atoms with Crippen LogP contribution in [-0.2, 0) is 10.5 Å². The van der Waals surface area contributed by atoms with Gasteiger partial charge in [-0.3, -0.25) is 15.1 Å². The van der Waals surface area contributed by atoms with E-state index in [0.717, 1.165) is 10.9 Å². The number of carbonyl (C=O) groups is 1. The Morgan fingerprint density at radius 2 is 2.27 bits per heavy atom. The van der Waals surface area contributed by atoms with Crippen LogP contribution < -0.4 is 5.32 Å². The quantitative estimate of drug-likeness (QED) is 0.676. The Kier molecular flexibility index (Phi) is 5.64. The average molecular weight is 316 g/mol. The predicted octanol–water partition coefficient (Wildman–Crippen LogP) is 1.85. The summed E-state index contributed by atoms with van der Waals surface area (Å²) in [6, 6.07) is 6.46. The molecule has 0 fully saturated rings. The molecule has 0 aliphatic rings. The van der Waals surface area contributed by atoms with Gasteiger partial charge in [0.2, 0.25) is 0 Å². The van der Waals surface area contributed by atoms with E-state index in [9.17, 15) is 9.90 Å². The van der Waals surface area contributed by atoms with Gasteiger partial charge < -0.3 is 10.2 Å². The smallest absolute Gasteiger partial charge is 0.321 e. The fourth-order valence-electron chi connectivity index (χ4n) is 2.03. The Morgan fingerprint density at radius 3 is 3.00 bits per heavy atom. The number of phenols is 1. The summed E-state index contributed by atoms with van der Waals surface area (Å²) < 4.78 is 0. The number of rotatable bonds is 7. The summed E-state index contributed by atoms with van der Waals surface area (Å²) in [5.41, 5.74) is 1.56. The van der Waals surface area contributed by atoms with Crippen LogP contribution >= 0.6 is 11.8 Å². The summed E-state index contributed by atoms with van der Waals surface area (Å²) in [4.78, 5) is 15.3. The Bertz CT molecular complexity index is 712. The fraction of sp³-hybridized carbons (Fsp3) is 0.250. The molecule has 5 nitrogen and oxygen atoms in total. The van der Waals surface area contributed by atoms with Gasteiger partial charge in [-0.05, 0) is 17.7 Å². The number of carboxylic acid groups (broad SMARTS) is 1. The molecule has 3 N–H and O–H groups in total. The molecular formula is C16H16N2O3S. The van der Waals surface area contributed by atoms with Crippen molar-refractivity contribution in [2.75, 3.05) is 12.3 Å². The number of nitrogens with zero attached hydrogens (tertiary/aromatic N) is 1. The number of thioether (sulfide) groups is 1. The van der Waals surface area contributed by atoms with Gasteiger partial charge in [0.15, 0.2) is 0 Å². The zero-order chi connectivity index (χ0) is 15.9. The third-order valence-corrected chi connectivity index (χ3v) is 4.21. The molecule has 0 aliphatic carbocycles. The van der Waals surface area contributed by atoms with E-state index < -0.39 is 12.0 Å². The van der Waals surface area contributed by atoms with Gasteiger partial charge in [-0.25, -0.2) is 0 Å². The van der Waals surface area contributed by atoms with Gasteiger partial charge in [-0.2, -0.15) is 11.8 Å². The number of carboxylic acids is 1. The fourth-order valence-corrected chi connectivity index (χ4v) is 3.11. The van der Waals surface area contributed by atoms with Gasteiger partial charge in [-0.15, -0.1) is 6.42 Å². The maximum Gasteiger partial charge on any atom is 0.321 e. The monoisotopic (exact) mass is 316 g/mol. The zero-order valence-corrected chi connectivity index (χ0v) is 12.6. The van der Waals surface area contributed by atoms with E-state index in [1.165, 1.54) is 11.8 Å². The lowest BCUT2D eigenvalue weighted by atomic mass is 10.1. The van der Waals surface area contributed by atoms with Crippen molar-refractivity contribution < 1.29 is 15.0 Å². The lowest BCUT2D eigenvalue weighted by Crippen LogP contribution is -2.38. The highest BCUT2D eigenvalue weighted by Gasteiger charge is 2.16. The number of aromatic nitrogens is 1. The number of benzene rings is 1. The molecule has 22 heavy (non-hydrogen) atoms. The molecule has 0 unspecified atom stereocenters. The SMILES string of the molecule is C#CCN[C@H](CSCc1ccc(O)c2ncccc12)C(=O)O. The van der Waals surface area contributed by atoms with Crippen LogP contribution in [0, 0.1) is 12.3 Å². The number of hydrogen-bond acceptors (Lipinski definition) is 5. The number of hydrogen-bond donors (Lipinski definition) is 3. The van der Waals surface area contributed by atoms with E-state index in [0.29, 0.717) is 17.0 Å². The van der Waals surface area contributed by atoms with Gasteiger partial charge in [0.1, 0.15) is 17.3 Å². The molecule has 6 heteroatoms. The Labute approximate surface area is 132 Å². The molecule has 0 saturated carbocycles. The second kappa shape index (κ2) is 7.69. The first kappa shape index (κ1) is 16.1. The van der Waals surface area contributed by atoms with Crippen LogP contribution in [0.4, 0.5) is 0 Å². The van der Waals surface area contributed by atoms with Gasteiger partial charge >= 0.3 is 5.97 Å². The van der Waals surface area contributed by atoms with Crippen LogP contribution in [0.5, 0.6) is 5.75 Å². The van der Waals surface area contributed by atoms with Crippen molar-refractivity contribution in [1.29, 1.82) is 0 Å². The average Bonchev–Trinajstić information content (AvgIpc) is 2.52. The number of fused-ring (bicyclic) bond motifs is 1. The summed E-state index contributed by atoms with van der Waals surface area (Å²) in [7, 11) is 0. The molecular weight excluding hydrogens is 300 g/mol. The largest absolute Gasteiger partial charge is 0.506 e. The van der Waals surface area contributed by atoms with Crippen LogP contribution in [0.2, 0.25) is 0 Å². The zero-order valence-electron chi connectivity index (χ0n) is 11.8. The lowest BCUT2D eigenvalue weighted by Gasteiger charge is -2.13. The van der Waals surface area contributed by atoms with E-state index in [4.69, 9.17) is 11.5 Å². The molecule has 1 heterocycles. The number of aromatic hydroxyl groups is 1. The molecule has 1 aromatic carbocycles. The normalized spacial score (nSPS) is 12.0. The van der Waals surface area contributed by atoms with Crippen molar-refractivity contribution in [1.82, 2.24) is 10.3 Å². The van der Waals surface area contributed by atoms with E-state index in [1.54, 1.807) is 12.3 Å². The summed E-state index contributed by atoms with van der Waals surface area (Å²) in [5, 5.41) is 22.6. The molecule has 0 spiro atoms. The molecule has 0 bridgehead atoms. The molecule has 2 rings (SSSR count). The minimum Gasteiger partial charge on any atom is -0.506 e. The standard InChI is InChI=1S/C16H16N2O3S/c1-2-7-17-13(16(20)21)10-22-9-11-5-6-14(19)15-12(11)4-3-8-18-15/h1,3-6,8,13,17,19H,7,9-10H2,(H,20,21)/t13-/m1/s1. The number of pyridine rings is 1. The molecule has 114 valence electrons. The van der Waals surface area contributed by atoms with Gasteiger partial charge in [0.25, 0.3) is 0 Å². The lowest BCUT2D eigenvalue weighted by molar-refractivity contribution is -0.138. The van der Waals surface area contributed by atoms with E-state index in [1.807, 2.05) is 18.2 Å². The molecule has 2 aromatic rings. The third kappa shape index (κ3) is 3.91. The summed E-state index contributed by atoms with van der Waals surface area (Å²) >= 11 is 1.49. The Hall–Kier alpha value is -2.23. The Morgan fingerprint density at radius 1 is 1.45 bits per heavy atom. The number of aliphatic carboxylic acids is 1. The van der Waals surface area contributed by atoms with Crippen molar-refractivity contribution >= 4 is 28.6 Å². The van der Waals surface area contributed by atoms with Gasteiger partial charge in [-0.1, -0.05) is 18.1 Å². The molecule has 1 atom stereocenters. The topological polar surface area (TPSA) is 82.5 Å². The van der Waals surface area contributed by atoms with Crippen molar-refractivity contribution in [3.05, 3.63) is 36.0 Å². The number of phenolic OH excluding ortho intramolecular Hbond substituents is 1. The second-order valence-electron chi connectivity index (χ2n) is 4.63. The van der Waals surface area contributed by atoms with Crippen molar-refractivity contribution in [2.45, 2.75) is 11.8 Å². The van der Waals surface area contributed by atoms with Gasteiger partial charge in [0, 0.05) is 23.1 Å². The first-order valence-corrected chi connectivity index (χ1v) is 7.82. The Balaban J connectivity index is 2.04. The van der Waals surface area contributed by atoms with Crippen molar-refractivity contribution in [3.8, 4) is 18.1 Å². The maximum atomic E-state index is 11.1. The number of terminal acetylenes is 1. The van der Waals surface area contributed by atoms with E-state index >= 15 is 0 Å². The summed E-state index contributed by atoms with van der Waals surface area (Å²) in [6.07, 6.45) is 6.76. The minimum absolute atomic E-state index is 0.142. The van der Waals surface area contributed by atoms with Gasteiger partial charge in [0.05, 0.1) is 6.54 Å². The van der Waals surface area contributed by atoms with Crippen LogP contribution in [0.15, 0.2) is 30.5 Å². The minimum atomic E-state index is -0.917. The first-order valence-electron chi connectivity index (χ1n) is 6.66. The molecule has 0 radical (unpaired) electrons. The first-order chi connectivity index (χ1) is 10.6. The van der Waals surface area contributed by atoms with Crippen molar-refractivity contribution in [3.63, 3.8) is 0 Å². The third-order valence-electron chi connectivity index (χ3n) is 3.13. The maximum absolute atomic E-state index is 11.1. The van der Waals surface area contributed by atoms with E-state index in [-0.39, 0.29) is 12.3 Å². The van der Waals surface area contributed by atoms with Crippen LogP contribution in [-0.4, -0.2) is 39.5 Å². The van der Waals surface area contributed by atoms with Crippen molar-refractivity contribution in [2.24, 2.45) is 0 Å². The molecule has 1 aromatic heterocycles. The van der Waals surface area contributed by atoms with Crippen LogP contribution in [0.25, 0.3) is 10.9 Å². The summed E-state index contributed by atoms with van der Waals surface area (Å²) in [6.45, 7) is 0.226. The predicted molar refractivity (Wildman–Crippen MR) is 87.8 cm³/mol. The van der Waals surface area contributed by atoms with E-state index in [2.05, 4.69) is 16.2 Å². The van der Waals surface area contributed by atoms with Crippen LogP contribution in [0.3, 0.4) is 0 Å². The highest BCUT2D eigenvalue weighted by molar-refractivity contribution is 7.98. The summed E-state index contributed by atoms with van der Waals surface area (Å²) in [5.74, 6) is 2.63. The van der Waals surface area contributed by atoms with Crippen LogP contribution in [0.1, 0.15) is 5.56 Å². The highest BCUT2D eigenvalue weighted by Crippen LogP contribution is 2.28.